The van der Waals surface area contributed by atoms with Gasteiger partial charge in [0.15, 0.2) is 0 Å². The van der Waals surface area contributed by atoms with Crippen LogP contribution in [0.25, 0.3) is 0 Å². The molecule has 4 atom stereocenters. The third-order valence-electron chi connectivity index (χ3n) is 4.27. The van der Waals surface area contributed by atoms with Gasteiger partial charge in [0.2, 0.25) is 0 Å². The van der Waals surface area contributed by atoms with Crippen LogP contribution in [0.3, 0.4) is 0 Å². The Bertz CT molecular complexity index is 449. The maximum Gasteiger partial charge on any atom is 0.314 e. The first-order chi connectivity index (χ1) is 8.96. The number of alkyl halides is 2. The molecule has 0 bridgehead atoms. The van der Waals surface area contributed by atoms with E-state index in [1.807, 2.05) is 30.3 Å². The average molecular weight is 301 g/mol. The predicted molar refractivity (Wildman–Crippen MR) is 78.1 cm³/mol. The molecule has 4 heteroatoms. The minimum atomic E-state index is -0.954. The Morgan fingerprint density at radius 1 is 1.26 bits per heavy atom. The highest BCUT2D eigenvalue weighted by molar-refractivity contribution is 6.24. The summed E-state index contributed by atoms with van der Waals surface area (Å²) < 4.78 is 0. The highest BCUT2D eigenvalue weighted by Gasteiger charge is 2.47. The van der Waals surface area contributed by atoms with E-state index in [9.17, 15) is 9.90 Å². The van der Waals surface area contributed by atoms with E-state index in [-0.39, 0.29) is 16.7 Å². The predicted octanol–water partition coefficient (Wildman–Crippen LogP) is 4.04. The van der Waals surface area contributed by atoms with Crippen molar-refractivity contribution in [3.8, 4) is 0 Å². The van der Waals surface area contributed by atoms with Gasteiger partial charge in [-0.25, -0.2) is 0 Å². The molecule has 0 heterocycles. The molecule has 1 aliphatic carbocycles. The van der Waals surface area contributed by atoms with Crippen LogP contribution in [0.1, 0.15) is 31.7 Å². The summed E-state index contributed by atoms with van der Waals surface area (Å²) in [6, 6.07) is 9.36. The summed E-state index contributed by atoms with van der Waals surface area (Å²) >= 11 is 12.5. The molecule has 4 unspecified atom stereocenters. The number of aliphatic carboxylic acids is 1. The summed E-state index contributed by atoms with van der Waals surface area (Å²) in [6.07, 6.45) is 2.24. The average Bonchev–Trinajstić information content (AvgIpc) is 2.38. The van der Waals surface area contributed by atoms with E-state index >= 15 is 0 Å². The maximum absolute atomic E-state index is 11.9. The lowest BCUT2D eigenvalue weighted by Crippen LogP contribution is -2.46. The first kappa shape index (κ1) is 14.7. The number of halogens is 2. The Morgan fingerprint density at radius 2 is 1.89 bits per heavy atom. The first-order valence-electron chi connectivity index (χ1n) is 6.53. The number of carboxylic acids is 1. The fraction of sp³-hybridized carbons (Fsp3) is 0.533. The number of hydrogen-bond acceptors (Lipinski definition) is 1. The van der Waals surface area contributed by atoms with Gasteiger partial charge in [-0.05, 0) is 37.7 Å². The summed E-state index contributed by atoms with van der Waals surface area (Å²) in [6.45, 7) is 1.78. The fourth-order valence-corrected chi connectivity index (χ4v) is 4.00. The minimum Gasteiger partial charge on any atom is -0.481 e. The Morgan fingerprint density at radius 3 is 2.42 bits per heavy atom. The standard InChI is InChI=1S/C15H18Cl2O2/c1-15(14(18)19,10-5-3-2-4-6-10)12-8-7-11(16)9-13(12)17/h2-6,11-13H,7-9H2,1H3,(H,18,19). The molecule has 1 aromatic carbocycles. The molecule has 0 aliphatic heterocycles. The monoisotopic (exact) mass is 300 g/mol. The van der Waals surface area contributed by atoms with E-state index in [0.29, 0.717) is 6.42 Å². The third kappa shape index (κ3) is 2.75. The second kappa shape index (κ2) is 5.72. The molecule has 2 rings (SSSR count). The lowest BCUT2D eigenvalue weighted by atomic mass is 9.66. The fourth-order valence-electron chi connectivity index (χ4n) is 3.00. The van der Waals surface area contributed by atoms with E-state index in [4.69, 9.17) is 23.2 Å². The van der Waals surface area contributed by atoms with Crippen molar-refractivity contribution in [2.75, 3.05) is 0 Å². The number of benzene rings is 1. The summed E-state index contributed by atoms with van der Waals surface area (Å²) in [5.41, 5.74) is -0.142. The second-order valence-corrected chi connectivity index (χ2v) is 6.58. The molecule has 1 aromatic rings. The van der Waals surface area contributed by atoms with Crippen LogP contribution in [-0.2, 0) is 10.2 Å². The van der Waals surface area contributed by atoms with Gasteiger partial charge in [-0.15, -0.1) is 23.2 Å². The summed E-state index contributed by atoms with van der Waals surface area (Å²) in [7, 11) is 0. The largest absolute Gasteiger partial charge is 0.481 e. The van der Waals surface area contributed by atoms with Crippen LogP contribution in [0, 0.1) is 5.92 Å². The number of carboxylic acid groups (broad SMARTS) is 1. The van der Waals surface area contributed by atoms with Crippen molar-refractivity contribution in [1.29, 1.82) is 0 Å². The molecule has 0 radical (unpaired) electrons. The van der Waals surface area contributed by atoms with Crippen molar-refractivity contribution in [2.45, 2.75) is 42.4 Å². The highest BCUT2D eigenvalue weighted by Crippen LogP contribution is 2.44. The third-order valence-corrected chi connectivity index (χ3v) is 5.15. The quantitative estimate of drug-likeness (QED) is 0.855. The van der Waals surface area contributed by atoms with Crippen molar-refractivity contribution in [1.82, 2.24) is 0 Å². The van der Waals surface area contributed by atoms with Crippen LogP contribution in [0.4, 0.5) is 0 Å². The van der Waals surface area contributed by atoms with Crippen LogP contribution >= 0.6 is 23.2 Å². The van der Waals surface area contributed by atoms with Gasteiger partial charge >= 0.3 is 5.97 Å². The normalized spacial score (nSPS) is 30.6. The van der Waals surface area contributed by atoms with Gasteiger partial charge in [-0.1, -0.05) is 30.3 Å². The zero-order chi connectivity index (χ0) is 14.0. The minimum absolute atomic E-state index is 0.0626. The Kier molecular flexibility index (Phi) is 4.42. The van der Waals surface area contributed by atoms with Crippen molar-refractivity contribution in [2.24, 2.45) is 5.92 Å². The molecule has 1 aliphatic rings. The van der Waals surface area contributed by atoms with Gasteiger partial charge in [0, 0.05) is 10.8 Å². The van der Waals surface area contributed by atoms with Gasteiger partial charge in [0.05, 0.1) is 5.41 Å². The van der Waals surface area contributed by atoms with Crippen LogP contribution in [0.15, 0.2) is 30.3 Å². The van der Waals surface area contributed by atoms with Gasteiger partial charge in [0.25, 0.3) is 0 Å². The van der Waals surface area contributed by atoms with Crippen molar-refractivity contribution in [3.63, 3.8) is 0 Å². The summed E-state index contributed by atoms with van der Waals surface area (Å²) in [5, 5.41) is 9.60. The zero-order valence-electron chi connectivity index (χ0n) is 10.9. The van der Waals surface area contributed by atoms with E-state index in [2.05, 4.69) is 0 Å². The van der Waals surface area contributed by atoms with E-state index in [1.54, 1.807) is 6.92 Å². The number of rotatable bonds is 3. The van der Waals surface area contributed by atoms with Crippen LogP contribution < -0.4 is 0 Å². The van der Waals surface area contributed by atoms with E-state index < -0.39 is 11.4 Å². The molecule has 1 saturated carbocycles. The number of carbonyl (C=O) groups is 1. The molecular weight excluding hydrogens is 283 g/mol. The molecule has 0 amide bonds. The first-order valence-corrected chi connectivity index (χ1v) is 7.40. The van der Waals surface area contributed by atoms with Gasteiger partial charge in [-0.2, -0.15) is 0 Å². The molecule has 0 spiro atoms. The smallest absolute Gasteiger partial charge is 0.314 e. The van der Waals surface area contributed by atoms with Crippen LogP contribution in [0.5, 0.6) is 0 Å². The van der Waals surface area contributed by atoms with Gasteiger partial charge < -0.3 is 5.11 Å². The second-order valence-electron chi connectivity index (χ2n) is 5.41. The summed E-state index contributed by atoms with van der Waals surface area (Å²) in [4.78, 5) is 11.9. The lowest BCUT2D eigenvalue weighted by molar-refractivity contribution is -0.146. The van der Waals surface area contributed by atoms with Crippen LogP contribution in [0.2, 0.25) is 0 Å². The molecule has 0 aromatic heterocycles. The van der Waals surface area contributed by atoms with Crippen molar-refractivity contribution in [3.05, 3.63) is 35.9 Å². The van der Waals surface area contributed by atoms with Crippen molar-refractivity contribution < 1.29 is 9.90 Å². The molecule has 104 valence electrons. The molecule has 1 N–H and O–H groups in total. The van der Waals surface area contributed by atoms with Gasteiger partial charge in [0.1, 0.15) is 0 Å². The SMILES string of the molecule is CC(C(=O)O)(c1ccccc1)C1CCC(Cl)CC1Cl. The lowest BCUT2D eigenvalue weighted by Gasteiger charge is -2.41. The molecular formula is C15H18Cl2O2. The molecule has 1 fully saturated rings. The summed E-state index contributed by atoms with van der Waals surface area (Å²) in [5.74, 6) is -0.911. The Hall–Kier alpha value is -0.730. The van der Waals surface area contributed by atoms with E-state index in [0.717, 1.165) is 18.4 Å². The maximum atomic E-state index is 11.9. The molecule has 19 heavy (non-hydrogen) atoms. The van der Waals surface area contributed by atoms with E-state index in [1.165, 1.54) is 0 Å². The molecule has 0 saturated heterocycles. The Balaban J connectivity index is 2.38. The number of hydrogen-bond donors (Lipinski definition) is 1. The topological polar surface area (TPSA) is 37.3 Å². The Labute approximate surface area is 123 Å². The zero-order valence-corrected chi connectivity index (χ0v) is 12.4. The van der Waals surface area contributed by atoms with Crippen LogP contribution in [-0.4, -0.2) is 21.8 Å². The van der Waals surface area contributed by atoms with Gasteiger partial charge in [-0.3, -0.25) is 4.79 Å². The van der Waals surface area contributed by atoms with Crippen molar-refractivity contribution >= 4 is 29.2 Å². The highest BCUT2D eigenvalue weighted by atomic mass is 35.5. The molecule has 2 nitrogen and oxygen atoms in total.